The molecule has 1 saturated heterocycles. The maximum Gasteiger partial charge on any atom is 0.224 e. The smallest absolute Gasteiger partial charge is 0.224 e. The molecule has 0 bridgehead atoms. The lowest BCUT2D eigenvalue weighted by atomic mass is 10.0. The van der Waals surface area contributed by atoms with Crippen LogP contribution < -0.4 is 5.32 Å². The first-order valence-electron chi connectivity index (χ1n) is 7.81. The van der Waals surface area contributed by atoms with Gasteiger partial charge in [-0.25, -0.2) is 4.98 Å². The van der Waals surface area contributed by atoms with Crippen molar-refractivity contribution in [1.29, 1.82) is 0 Å². The molecule has 0 aliphatic carbocycles. The Kier molecular flexibility index (Phi) is 6.20. The zero-order chi connectivity index (χ0) is 16.8. The molecule has 5 nitrogen and oxygen atoms in total. The predicted octanol–water partition coefficient (Wildman–Crippen LogP) is 2.83. The Morgan fingerprint density at radius 2 is 2.42 bits per heavy atom. The fraction of sp³-hybridized carbons (Fsp3) is 0.412. The predicted molar refractivity (Wildman–Crippen MR) is 93.2 cm³/mol. The Morgan fingerprint density at radius 3 is 3.21 bits per heavy atom. The van der Waals surface area contributed by atoms with Crippen molar-refractivity contribution in [1.82, 2.24) is 10.3 Å². The van der Waals surface area contributed by atoms with Crippen molar-refractivity contribution in [2.45, 2.75) is 31.6 Å². The number of ether oxygens (including phenoxy) is 2. The van der Waals surface area contributed by atoms with Gasteiger partial charge < -0.3 is 14.8 Å². The molecule has 3 rings (SSSR count). The molecule has 24 heavy (non-hydrogen) atoms. The summed E-state index contributed by atoms with van der Waals surface area (Å²) in [4.78, 5) is 16.5. The number of carbonyl (C=O) groups is 1. The number of nitrogens with zero attached hydrogens (tertiary/aromatic N) is 1. The molecule has 128 valence electrons. The quantitative estimate of drug-likeness (QED) is 0.854. The molecule has 7 heteroatoms. The molecule has 2 aromatic rings. The molecule has 1 aliphatic rings. The average molecular weight is 367 g/mol. The minimum absolute atomic E-state index is 0.0357. The SMILES string of the molecule is O=C(Cc1cccc(Cl)c1)N[C@@H]1CCOC[C@H]1OCc1cscn1. The fourth-order valence-corrected chi connectivity index (χ4v) is 3.39. The molecule has 1 aromatic heterocycles. The van der Waals surface area contributed by atoms with Gasteiger partial charge in [-0.15, -0.1) is 11.3 Å². The van der Waals surface area contributed by atoms with Crippen molar-refractivity contribution < 1.29 is 14.3 Å². The van der Waals surface area contributed by atoms with Gasteiger partial charge in [0.1, 0.15) is 6.10 Å². The Hall–Kier alpha value is -1.47. The number of halogens is 1. The van der Waals surface area contributed by atoms with Crippen molar-refractivity contribution in [2.24, 2.45) is 0 Å². The third kappa shape index (κ3) is 5.01. The van der Waals surface area contributed by atoms with Crippen LogP contribution in [0.25, 0.3) is 0 Å². The third-order valence-corrected chi connectivity index (χ3v) is 4.70. The van der Waals surface area contributed by atoms with E-state index in [0.717, 1.165) is 17.7 Å². The number of carbonyl (C=O) groups excluding carboxylic acids is 1. The van der Waals surface area contributed by atoms with E-state index in [0.29, 0.717) is 31.3 Å². The van der Waals surface area contributed by atoms with E-state index in [-0.39, 0.29) is 18.1 Å². The number of hydrogen-bond acceptors (Lipinski definition) is 5. The second-order valence-electron chi connectivity index (χ2n) is 5.67. The number of thiazole rings is 1. The molecule has 0 radical (unpaired) electrons. The van der Waals surface area contributed by atoms with E-state index in [1.54, 1.807) is 17.6 Å². The molecule has 0 unspecified atom stereocenters. The number of benzene rings is 1. The van der Waals surface area contributed by atoms with Crippen LogP contribution in [0.3, 0.4) is 0 Å². The standard InChI is InChI=1S/C17H19ClN2O3S/c18-13-3-1-2-12(6-13)7-17(21)20-15-4-5-22-9-16(15)23-8-14-10-24-11-19-14/h1-3,6,10-11,15-16H,4-5,7-9H2,(H,20,21)/t15-,16-/m1/s1. The van der Waals surface area contributed by atoms with Crippen molar-refractivity contribution in [3.05, 3.63) is 51.4 Å². The molecular formula is C17H19ClN2O3S. The summed E-state index contributed by atoms with van der Waals surface area (Å²) in [5, 5.41) is 5.65. The molecule has 1 aliphatic heterocycles. The van der Waals surface area contributed by atoms with E-state index in [9.17, 15) is 4.79 Å². The van der Waals surface area contributed by atoms with Crippen molar-refractivity contribution >= 4 is 28.8 Å². The second-order valence-corrected chi connectivity index (χ2v) is 6.83. The van der Waals surface area contributed by atoms with Gasteiger partial charge in [0.05, 0.1) is 36.9 Å². The highest BCUT2D eigenvalue weighted by Gasteiger charge is 2.28. The summed E-state index contributed by atoms with van der Waals surface area (Å²) in [6, 6.07) is 7.29. The summed E-state index contributed by atoms with van der Waals surface area (Å²) in [6.07, 6.45) is 0.878. The van der Waals surface area contributed by atoms with Crippen LogP contribution >= 0.6 is 22.9 Å². The van der Waals surface area contributed by atoms with Gasteiger partial charge in [0, 0.05) is 17.0 Å². The Morgan fingerprint density at radius 1 is 1.50 bits per heavy atom. The molecular weight excluding hydrogens is 348 g/mol. The van der Waals surface area contributed by atoms with Crippen LogP contribution in [0, 0.1) is 0 Å². The first-order valence-corrected chi connectivity index (χ1v) is 9.13. The van der Waals surface area contributed by atoms with Crippen molar-refractivity contribution in [3.63, 3.8) is 0 Å². The number of rotatable bonds is 6. The maximum atomic E-state index is 12.3. The summed E-state index contributed by atoms with van der Waals surface area (Å²) in [6.45, 7) is 1.53. The number of amides is 1. The summed E-state index contributed by atoms with van der Waals surface area (Å²) < 4.78 is 11.4. The lowest BCUT2D eigenvalue weighted by molar-refractivity contribution is -0.126. The minimum Gasteiger partial charge on any atom is -0.379 e. The van der Waals surface area contributed by atoms with Gasteiger partial charge in [-0.1, -0.05) is 23.7 Å². The van der Waals surface area contributed by atoms with Crippen molar-refractivity contribution in [3.8, 4) is 0 Å². The molecule has 1 amide bonds. The van der Waals surface area contributed by atoms with Crippen LogP contribution in [0.2, 0.25) is 5.02 Å². The number of hydrogen-bond donors (Lipinski definition) is 1. The van der Waals surface area contributed by atoms with E-state index >= 15 is 0 Å². The van der Waals surface area contributed by atoms with Gasteiger partial charge in [-0.05, 0) is 24.1 Å². The average Bonchev–Trinajstić information content (AvgIpc) is 3.07. The van der Waals surface area contributed by atoms with E-state index in [1.165, 1.54) is 11.3 Å². The first kappa shape index (κ1) is 17.4. The molecule has 0 spiro atoms. The number of aromatic nitrogens is 1. The van der Waals surface area contributed by atoms with Gasteiger partial charge >= 0.3 is 0 Å². The molecule has 1 fully saturated rings. The second kappa shape index (κ2) is 8.58. The summed E-state index contributed by atoms with van der Waals surface area (Å²) in [5.41, 5.74) is 3.57. The van der Waals surface area contributed by atoms with E-state index in [1.807, 2.05) is 17.5 Å². The lowest BCUT2D eigenvalue weighted by Gasteiger charge is -2.32. The molecule has 0 saturated carbocycles. The molecule has 2 atom stereocenters. The van der Waals surface area contributed by atoms with Crippen molar-refractivity contribution in [2.75, 3.05) is 13.2 Å². The normalized spacial score (nSPS) is 20.7. The van der Waals surface area contributed by atoms with Gasteiger partial charge in [0.2, 0.25) is 5.91 Å². The number of nitrogens with one attached hydrogen (secondary N) is 1. The van der Waals surface area contributed by atoms with Crippen LogP contribution in [0.15, 0.2) is 35.2 Å². The molecule has 2 heterocycles. The Labute approximate surface area is 150 Å². The topological polar surface area (TPSA) is 60.5 Å². The summed E-state index contributed by atoms with van der Waals surface area (Å²) >= 11 is 7.50. The first-order chi connectivity index (χ1) is 11.7. The van der Waals surface area contributed by atoms with Gasteiger partial charge in [-0.2, -0.15) is 0 Å². The van der Waals surface area contributed by atoms with Crippen LogP contribution in [-0.4, -0.2) is 36.3 Å². The zero-order valence-electron chi connectivity index (χ0n) is 13.1. The highest BCUT2D eigenvalue weighted by atomic mass is 35.5. The minimum atomic E-state index is -0.163. The Balaban J connectivity index is 1.53. The van der Waals surface area contributed by atoms with E-state index < -0.39 is 0 Å². The van der Waals surface area contributed by atoms with Crippen LogP contribution in [0.5, 0.6) is 0 Å². The van der Waals surface area contributed by atoms with Gasteiger partial charge in [-0.3, -0.25) is 4.79 Å². The van der Waals surface area contributed by atoms with Gasteiger partial charge in [0.25, 0.3) is 0 Å². The lowest BCUT2D eigenvalue weighted by Crippen LogP contribution is -2.50. The van der Waals surface area contributed by atoms with Gasteiger partial charge in [0.15, 0.2) is 0 Å². The summed E-state index contributed by atoms with van der Waals surface area (Å²) in [5.74, 6) is -0.0357. The van der Waals surface area contributed by atoms with Crippen LogP contribution in [-0.2, 0) is 27.3 Å². The highest BCUT2D eigenvalue weighted by Crippen LogP contribution is 2.15. The molecule has 1 aromatic carbocycles. The third-order valence-electron chi connectivity index (χ3n) is 3.83. The highest BCUT2D eigenvalue weighted by molar-refractivity contribution is 7.07. The fourth-order valence-electron chi connectivity index (χ4n) is 2.63. The molecule has 1 N–H and O–H groups in total. The Bertz CT molecular complexity index is 666. The maximum absolute atomic E-state index is 12.3. The zero-order valence-corrected chi connectivity index (χ0v) is 14.7. The largest absolute Gasteiger partial charge is 0.379 e. The van der Waals surface area contributed by atoms with Crippen LogP contribution in [0.4, 0.5) is 0 Å². The van der Waals surface area contributed by atoms with E-state index in [2.05, 4.69) is 10.3 Å². The van der Waals surface area contributed by atoms with Crippen LogP contribution in [0.1, 0.15) is 17.7 Å². The monoisotopic (exact) mass is 366 g/mol. The summed E-state index contributed by atoms with van der Waals surface area (Å²) in [7, 11) is 0. The van der Waals surface area contributed by atoms with E-state index in [4.69, 9.17) is 21.1 Å².